The van der Waals surface area contributed by atoms with Crippen LogP contribution in [0.5, 0.6) is 0 Å². The molecule has 0 radical (unpaired) electrons. The van der Waals surface area contributed by atoms with Gasteiger partial charge < -0.3 is 5.32 Å². The number of amides is 1. The summed E-state index contributed by atoms with van der Waals surface area (Å²) in [7, 11) is 0. The van der Waals surface area contributed by atoms with E-state index in [1.807, 2.05) is 0 Å². The van der Waals surface area contributed by atoms with Crippen LogP contribution in [-0.2, 0) is 11.2 Å². The predicted octanol–water partition coefficient (Wildman–Crippen LogP) is 3.06. The molecule has 2 saturated carbocycles. The van der Waals surface area contributed by atoms with Crippen LogP contribution in [0.25, 0.3) is 0 Å². The van der Waals surface area contributed by atoms with Crippen molar-refractivity contribution in [3.63, 3.8) is 0 Å². The van der Waals surface area contributed by atoms with Gasteiger partial charge in [0.15, 0.2) is 0 Å². The maximum absolute atomic E-state index is 13.6. The average molecular weight is 279 g/mol. The molecular formula is C16H19F2NO. The number of carbonyl (C=O) groups excluding carboxylic acids is 1. The molecule has 2 aliphatic carbocycles. The molecule has 1 aromatic rings. The lowest BCUT2D eigenvalue weighted by Gasteiger charge is -2.18. The third-order valence-corrected chi connectivity index (χ3v) is 4.58. The van der Waals surface area contributed by atoms with Gasteiger partial charge in [-0.25, -0.2) is 8.78 Å². The van der Waals surface area contributed by atoms with Gasteiger partial charge in [0.2, 0.25) is 5.91 Å². The van der Waals surface area contributed by atoms with Crippen LogP contribution in [0.2, 0.25) is 0 Å². The van der Waals surface area contributed by atoms with Gasteiger partial charge in [0.1, 0.15) is 11.6 Å². The molecule has 1 aromatic carbocycles. The minimum absolute atomic E-state index is 0.0430. The monoisotopic (exact) mass is 279 g/mol. The van der Waals surface area contributed by atoms with Crippen LogP contribution in [0.3, 0.4) is 0 Å². The molecule has 0 spiro atoms. The Balaban J connectivity index is 1.56. The van der Waals surface area contributed by atoms with Crippen molar-refractivity contribution in [3.8, 4) is 0 Å². The first-order chi connectivity index (χ1) is 9.54. The zero-order chi connectivity index (χ0) is 14.3. The fourth-order valence-electron chi connectivity index (χ4n) is 3.37. The predicted molar refractivity (Wildman–Crippen MR) is 72.0 cm³/mol. The summed E-state index contributed by atoms with van der Waals surface area (Å²) in [5, 5.41) is 2.89. The van der Waals surface area contributed by atoms with Crippen molar-refractivity contribution in [2.75, 3.05) is 0 Å². The third kappa shape index (κ3) is 2.69. The molecule has 3 unspecified atom stereocenters. The zero-order valence-electron chi connectivity index (χ0n) is 11.5. The molecule has 0 saturated heterocycles. The van der Waals surface area contributed by atoms with Gasteiger partial charge in [0.25, 0.3) is 0 Å². The molecule has 2 nitrogen and oxygen atoms in total. The van der Waals surface area contributed by atoms with Crippen molar-refractivity contribution < 1.29 is 13.6 Å². The topological polar surface area (TPSA) is 29.1 Å². The Morgan fingerprint density at radius 3 is 2.45 bits per heavy atom. The summed E-state index contributed by atoms with van der Waals surface area (Å²) < 4.78 is 27.1. The number of benzene rings is 1. The van der Waals surface area contributed by atoms with Gasteiger partial charge in [-0.15, -0.1) is 0 Å². The molecule has 2 aliphatic rings. The Bertz CT molecular complexity index is 501. The van der Waals surface area contributed by atoms with Gasteiger partial charge in [-0.1, -0.05) is 6.07 Å². The Labute approximate surface area is 117 Å². The van der Waals surface area contributed by atoms with E-state index in [1.165, 1.54) is 24.6 Å². The van der Waals surface area contributed by atoms with E-state index in [2.05, 4.69) is 5.32 Å². The van der Waals surface area contributed by atoms with Crippen LogP contribution in [0.15, 0.2) is 18.2 Å². The lowest BCUT2D eigenvalue weighted by Crippen LogP contribution is -2.38. The second-order valence-electron chi connectivity index (χ2n) is 6.24. The van der Waals surface area contributed by atoms with Crippen LogP contribution in [0, 0.1) is 29.4 Å². The summed E-state index contributed by atoms with van der Waals surface area (Å²) in [4.78, 5) is 12.1. The molecule has 0 aliphatic heterocycles. The summed E-state index contributed by atoms with van der Waals surface area (Å²) in [6.07, 6.45) is 3.43. The van der Waals surface area contributed by atoms with Gasteiger partial charge >= 0.3 is 0 Å². The van der Waals surface area contributed by atoms with Crippen molar-refractivity contribution in [1.82, 2.24) is 5.32 Å². The molecule has 0 aromatic heterocycles. The lowest BCUT2D eigenvalue weighted by atomic mass is 10.0. The third-order valence-electron chi connectivity index (χ3n) is 4.58. The molecule has 3 atom stereocenters. The van der Waals surface area contributed by atoms with Crippen molar-refractivity contribution in [2.45, 2.75) is 38.6 Å². The summed E-state index contributed by atoms with van der Waals surface area (Å²) >= 11 is 0. The first-order valence-electron chi connectivity index (χ1n) is 7.28. The van der Waals surface area contributed by atoms with Crippen molar-refractivity contribution in [3.05, 3.63) is 35.4 Å². The average Bonchev–Trinajstić information content (AvgIpc) is 3.00. The lowest BCUT2D eigenvalue weighted by molar-refractivity contribution is -0.125. The van der Waals surface area contributed by atoms with Gasteiger partial charge in [-0.3, -0.25) is 4.79 Å². The Kier molecular flexibility index (Phi) is 3.48. The maximum Gasteiger partial charge on any atom is 0.223 e. The fourth-order valence-corrected chi connectivity index (χ4v) is 3.37. The standard InChI is InChI=1S/C16H19F2NO/c1-9(5-13-14(17)3-2-4-15(13)18)19-16(20)12-7-10-6-11(10)8-12/h2-4,9-12H,5-8H2,1H3,(H,19,20). The molecule has 0 heterocycles. The Morgan fingerprint density at radius 2 is 1.85 bits per heavy atom. The summed E-state index contributed by atoms with van der Waals surface area (Å²) in [5.41, 5.74) is 0.0505. The maximum atomic E-state index is 13.6. The normalized spacial score (nSPS) is 28.9. The highest BCUT2D eigenvalue weighted by molar-refractivity contribution is 5.79. The number of hydrogen-bond donors (Lipinski definition) is 1. The second-order valence-corrected chi connectivity index (χ2v) is 6.24. The van der Waals surface area contributed by atoms with Crippen LogP contribution < -0.4 is 5.32 Å². The first-order valence-corrected chi connectivity index (χ1v) is 7.28. The highest BCUT2D eigenvalue weighted by Gasteiger charge is 2.48. The van der Waals surface area contributed by atoms with Crippen LogP contribution >= 0.6 is 0 Å². The molecule has 2 fully saturated rings. The van der Waals surface area contributed by atoms with Crippen LogP contribution in [0.4, 0.5) is 8.78 Å². The number of halogens is 2. The van der Waals surface area contributed by atoms with E-state index in [0.29, 0.717) is 0 Å². The molecule has 108 valence electrons. The number of hydrogen-bond acceptors (Lipinski definition) is 1. The van der Waals surface area contributed by atoms with E-state index in [1.54, 1.807) is 6.92 Å². The zero-order valence-corrected chi connectivity index (χ0v) is 11.5. The Hall–Kier alpha value is -1.45. The van der Waals surface area contributed by atoms with Gasteiger partial charge in [0.05, 0.1) is 0 Å². The summed E-state index contributed by atoms with van der Waals surface area (Å²) in [6, 6.07) is 3.59. The molecule has 4 heteroatoms. The van der Waals surface area contributed by atoms with Crippen molar-refractivity contribution in [2.24, 2.45) is 17.8 Å². The fraction of sp³-hybridized carbons (Fsp3) is 0.562. The quantitative estimate of drug-likeness (QED) is 0.901. The summed E-state index contributed by atoms with van der Waals surface area (Å²) in [6.45, 7) is 1.79. The van der Waals surface area contributed by atoms with E-state index < -0.39 is 11.6 Å². The number of carbonyl (C=O) groups is 1. The number of fused-ring (bicyclic) bond motifs is 1. The molecule has 0 bridgehead atoms. The second kappa shape index (κ2) is 5.15. The van der Waals surface area contributed by atoms with Gasteiger partial charge in [-0.05, 0) is 56.6 Å². The smallest absolute Gasteiger partial charge is 0.223 e. The van der Waals surface area contributed by atoms with Crippen molar-refractivity contribution in [1.29, 1.82) is 0 Å². The minimum atomic E-state index is -0.548. The van der Waals surface area contributed by atoms with E-state index in [4.69, 9.17) is 0 Å². The van der Waals surface area contributed by atoms with Gasteiger partial charge in [0, 0.05) is 17.5 Å². The molecular weight excluding hydrogens is 260 g/mol. The molecule has 3 rings (SSSR count). The number of nitrogens with one attached hydrogen (secondary N) is 1. The molecule has 1 N–H and O–H groups in total. The SMILES string of the molecule is CC(Cc1c(F)cccc1F)NC(=O)C1CC2CC2C1. The van der Waals surface area contributed by atoms with E-state index in [9.17, 15) is 13.6 Å². The largest absolute Gasteiger partial charge is 0.353 e. The van der Waals surface area contributed by atoms with E-state index >= 15 is 0 Å². The van der Waals surface area contributed by atoms with Crippen molar-refractivity contribution >= 4 is 5.91 Å². The summed E-state index contributed by atoms with van der Waals surface area (Å²) in [5.74, 6) is 0.560. The van der Waals surface area contributed by atoms with Crippen LogP contribution in [-0.4, -0.2) is 11.9 Å². The van der Waals surface area contributed by atoms with E-state index in [-0.39, 0.29) is 29.9 Å². The molecule has 20 heavy (non-hydrogen) atoms. The highest BCUT2D eigenvalue weighted by Crippen LogP contribution is 2.54. The Morgan fingerprint density at radius 1 is 1.25 bits per heavy atom. The van der Waals surface area contributed by atoms with Crippen LogP contribution in [0.1, 0.15) is 31.7 Å². The first kappa shape index (κ1) is 13.5. The van der Waals surface area contributed by atoms with Gasteiger partial charge in [-0.2, -0.15) is 0 Å². The van der Waals surface area contributed by atoms with E-state index in [0.717, 1.165) is 24.7 Å². The highest BCUT2D eigenvalue weighted by atomic mass is 19.1. The number of rotatable bonds is 4. The molecule has 1 amide bonds. The minimum Gasteiger partial charge on any atom is -0.353 e.